The molecule has 1 aromatic carbocycles. The van der Waals surface area contributed by atoms with Gasteiger partial charge in [0.15, 0.2) is 0 Å². The van der Waals surface area contributed by atoms with Crippen molar-refractivity contribution in [2.45, 2.75) is 51.2 Å². The van der Waals surface area contributed by atoms with Gasteiger partial charge in [0.25, 0.3) is 0 Å². The third-order valence-corrected chi connectivity index (χ3v) is 4.35. The molecule has 0 spiro atoms. The number of methoxy groups -OCH3 is 1. The van der Waals surface area contributed by atoms with Crippen LogP contribution in [0.15, 0.2) is 18.2 Å². The summed E-state index contributed by atoms with van der Waals surface area (Å²) >= 11 is 0. The second-order valence-electron chi connectivity index (χ2n) is 5.78. The van der Waals surface area contributed by atoms with Crippen LogP contribution in [-0.2, 0) is 0 Å². The number of nitrogens with zero attached hydrogens (tertiary/aromatic N) is 1. The Morgan fingerprint density at radius 3 is 2.57 bits per heavy atom. The largest absolute Gasteiger partial charge is 0.496 e. The molecule has 2 rings (SSSR count). The highest BCUT2D eigenvalue weighted by Gasteiger charge is 2.25. The first-order valence-electron chi connectivity index (χ1n) is 7.91. The zero-order valence-electron chi connectivity index (χ0n) is 13.1. The van der Waals surface area contributed by atoms with Crippen LogP contribution in [-0.4, -0.2) is 36.5 Å². The second kappa shape index (κ2) is 7.66. The van der Waals surface area contributed by atoms with Crippen molar-refractivity contribution in [2.75, 3.05) is 25.2 Å². The number of aliphatic hydroxyl groups excluding tert-OH is 2. The Morgan fingerprint density at radius 1 is 1.29 bits per heavy atom. The highest BCUT2D eigenvalue weighted by atomic mass is 16.5. The van der Waals surface area contributed by atoms with Gasteiger partial charge < -0.3 is 19.8 Å². The highest BCUT2D eigenvalue weighted by molar-refractivity contribution is 5.61. The predicted molar refractivity (Wildman–Crippen MR) is 84.9 cm³/mol. The van der Waals surface area contributed by atoms with Crippen LogP contribution in [0.2, 0.25) is 0 Å². The predicted octanol–water partition coefficient (Wildman–Crippen LogP) is 2.88. The molecule has 1 aromatic rings. The number of hydrogen-bond acceptors (Lipinski definition) is 4. The normalized spacial score (nSPS) is 17.5. The Morgan fingerprint density at radius 2 is 2.00 bits per heavy atom. The Balaban J connectivity index is 2.38. The van der Waals surface area contributed by atoms with E-state index >= 15 is 0 Å². The maximum Gasteiger partial charge on any atom is 0.126 e. The molecule has 1 fully saturated rings. The van der Waals surface area contributed by atoms with Gasteiger partial charge in [-0.2, -0.15) is 0 Å². The average molecular weight is 293 g/mol. The molecule has 2 N–H and O–H groups in total. The van der Waals surface area contributed by atoms with E-state index in [1.807, 2.05) is 18.2 Å². The van der Waals surface area contributed by atoms with E-state index in [9.17, 15) is 10.2 Å². The summed E-state index contributed by atoms with van der Waals surface area (Å²) < 4.78 is 5.41. The van der Waals surface area contributed by atoms with E-state index in [1.165, 1.54) is 19.3 Å². The highest BCUT2D eigenvalue weighted by Crippen LogP contribution is 2.37. The van der Waals surface area contributed by atoms with E-state index < -0.39 is 6.10 Å². The molecule has 4 heteroatoms. The van der Waals surface area contributed by atoms with Crippen LogP contribution in [0.25, 0.3) is 0 Å². The number of anilines is 1. The average Bonchev–Trinajstić information content (AvgIpc) is 2.52. The molecule has 0 radical (unpaired) electrons. The van der Waals surface area contributed by atoms with Gasteiger partial charge in [-0.25, -0.2) is 0 Å². The zero-order valence-corrected chi connectivity index (χ0v) is 13.1. The van der Waals surface area contributed by atoms with E-state index in [-0.39, 0.29) is 6.61 Å². The summed E-state index contributed by atoms with van der Waals surface area (Å²) in [5, 5.41) is 19.6. The quantitative estimate of drug-likeness (QED) is 0.847. The van der Waals surface area contributed by atoms with Gasteiger partial charge in [0.2, 0.25) is 0 Å². The summed E-state index contributed by atoms with van der Waals surface area (Å²) in [5.74, 6) is 0.709. The fraction of sp³-hybridized carbons (Fsp3) is 0.647. The summed E-state index contributed by atoms with van der Waals surface area (Å²) in [4.78, 5) is 2.25. The molecule has 0 aromatic heterocycles. The van der Waals surface area contributed by atoms with E-state index in [2.05, 4.69) is 4.90 Å². The van der Waals surface area contributed by atoms with Gasteiger partial charge in [-0.15, -0.1) is 0 Å². The number of aliphatic hydroxyl groups is 2. The van der Waals surface area contributed by atoms with Crippen molar-refractivity contribution in [2.24, 2.45) is 0 Å². The lowest BCUT2D eigenvalue weighted by Gasteiger charge is -2.37. The van der Waals surface area contributed by atoms with Crippen molar-refractivity contribution < 1.29 is 14.9 Å². The van der Waals surface area contributed by atoms with Crippen molar-refractivity contribution in [3.8, 4) is 5.75 Å². The van der Waals surface area contributed by atoms with Crippen LogP contribution in [0, 0.1) is 0 Å². The lowest BCUT2D eigenvalue weighted by Crippen LogP contribution is -2.39. The van der Waals surface area contributed by atoms with Gasteiger partial charge in [-0.3, -0.25) is 0 Å². The molecule has 0 saturated heterocycles. The molecule has 0 bridgehead atoms. The minimum absolute atomic E-state index is 0.118. The summed E-state index contributed by atoms with van der Waals surface area (Å²) in [6.45, 7) is 2.48. The minimum atomic E-state index is -0.596. The zero-order chi connectivity index (χ0) is 15.2. The first-order chi connectivity index (χ1) is 10.2. The molecule has 118 valence electrons. The maximum atomic E-state index is 10.2. The van der Waals surface area contributed by atoms with Gasteiger partial charge in [0, 0.05) is 23.8 Å². The van der Waals surface area contributed by atoms with E-state index in [1.54, 1.807) is 14.0 Å². The third-order valence-electron chi connectivity index (χ3n) is 4.35. The smallest absolute Gasteiger partial charge is 0.126 e. The van der Waals surface area contributed by atoms with Crippen LogP contribution in [0.5, 0.6) is 5.75 Å². The molecule has 4 nitrogen and oxygen atoms in total. The molecule has 1 atom stereocenters. The Hall–Kier alpha value is -1.26. The van der Waals surface area contributed by atoms with E-state index in [4.69, 9.17) is 4.74 Å². The van der Waals surface area contributed by atoms with Gasteiger partial charge in [0.1, 0.15) is 5.75 Å². The van der Waals surface area contributed by atoms with Crippen LogP contribution in [0.4, 0.5) is 5.69 Å². The molecule has 0 aliphatic heterocycles. The van der Waals surface area contributed by atoms with Gasteiger partial charge in [-0.05, 0) is 31.9 Å². The molecular formula is C17H27NO3. The number of benzene rings is 1. The van der Waals surface area contributed by atoms with Crippen LogP contribution < -0.4 is 9.64 Å². The molecular weight excluding hydrogens is 266 g/mol. The van der Waals surface area contributed by atoms with Crippen LogP contribution in [0.1, 0.15) is 50.7 Å². The summed E-state index contributed by atoms with van der Waals surface area (Å²) in [6, 6.07) is 6.29. The van der Waals surface area contributed by atoms with E-state index in [0.29, 0.717) is 18.3 Å². The fourth-order valence-corrected chi connectivity index (χ4v) is 3.38. The summed E-state index contributed by atoms with van der Waals surface area (Å²) in [6.07, 6.45) is 5.47. The fourth-order valence-electron chi connectivity index (χ4n) is 3.38. The van der Waals surface area contributed by atoms with Crippen molar-refractivity contribution >= 4 is 5.69 Å². The molecule has 1 aliphatic carbocycles. The number of rotatable bonds is 6. The van der Waals surface area contributed by atoms with Gasteiger partial charge in [0.05, 0.1) is 19.8 Å². The molecule has 1 saturated carbocycles. The Bertz CT molecular complexity index is 442. The van der Waals surface area contributed by atoms with Crippen molar-refractivity contribution in [1.82, 2.24) is 0 Å². The van der Waals surface area contributed by atoms with E-state index in [0.717, 1.165) is 24.1 Å². The minimum Gasteiger partial charge on any atom is -0.496 e. The second-order valence-corrected chi connectivity index (χ2v) is 5.78. The standard InChI is InChI=1S/C17H27NO3/c1-13(20)17-15(9-6-10-16(17)21-2)18(11-12-19)14-7-4-3-5-8-14/h6,9-10,13-14,19-20H,3-5,7-8,11-12H2,1-2H3/t13-/m1/s1. The summed E-state index contributed by atoms with van der Waals surface area (Å²) in [7, 11) is 1.63. The maximum absolute atomic E-state index is 10.2. The van der Waals surface area contributed by atoms with Gasteiger partial charge in [-0.1, -0.05) is 25.3 Å². The summed E-state index contributed by atoms with van der Waals surface area (Å²) in [5.41, 5.74) is 1.81. The molecule has 0 heterocycles. The van der Waals surface area contributed by atoms with Crippen LogP contribution in [0.3, 0.4) is 0 Å². The molecule has 21 heavy (non-hydrogen) atoms. The van der Waals surface area contributed by atoms with Crippen molar-refractivity contribution in [3.63, 3.8) is 0 Å². The number of hydrogen-bond donors (Lipinski definition) is 2. The molecule has 1 aliphatic rings. The van der Waals surface area contributed by atoms with Crippen molar-refractivity contribution in [3.05, 3.63) is 23.8 Å². The Kier molecular flexibility index (Phi) is 5.88. The molecule has 0 amide bonds. The monoisotopic (exact) mass is 293 g/mol. The first-order valence-corrected chi connectivity index (χ1v) is 7.91. The lowest BCUT2D eigenvalue weighted by molar-refractivity contribution is 0.194. The third kappa shape index (κ3) is 3.69. The number of ether oxygens (including phenoxy) is 1. The Labute approximate surface area is 127 Å². The molecule has 0 unspecified atom stereocenters. The lowest BCUT2D eigenvalue weighted by atomic mass is 9.93. The van der Waals surface area contributed by atoms with Crippen LogP contribution >= 0.6 is 0 Å². The van der Waals surface area contributed by atoms with Gasteiger partial charge >= 0.3 is 0 Å². The SMILES string of the molecule is COc1cccc(N(CCO)C2CCCCC2)c1[C@@H](C)O. The first kappa shape index (κ1) is 16.1. The van der Waals surface area contributed by atoms with Crippen molar-refractivity contribution in [1.29, 1.82) is 0 Å². The topological polar surface area (TPSA) is 52.9 Å².